The van der Waals surface area contributed by atoms with E-state index < -0.39 is 361 Å². The van der Waals surface area contributed by atoms with Crippen molar-refractivity contribution in [2.24, 2.45) is 0 Å². The monoisotopic (exact) mass is 1900 g/mol. The molecule has 0 aromatic rings. The quantitative estimate of drug-likeness (QED) is 0.0156. The van der Waals surface area contributed by atoms with Gasteiger partial charge >= 0.3 is 65.5 Å². The van der Waals surface area contributed by atoms with Crippen molar-refractivity contribution in [2.45, 2.75) is 273 Å². The minimum atomic E-state index is -5.92. The molecule has 26 N–H and O–H groups in total. The highest BCUT2D eigenvalue weighted by molar-refractivity contribution is 7.81. The number of aliphatic hydroxyl groups excluding tert-OH is 14. The molecule has 124 heavy (non-hydrogen) atoms. The maximum Gasteiger partial charge on any atom is 0.397 e. The van der Waals surface area contributed by atoms with Crippen LogP contribution in [0.3, 0.4) is 0 Å². The van der Waals surface area contributed by atoms with Gasteiger partial charge in [0.05, 0.1) is 26.4 Å². The van der Waals surface area contributed by atoms with Crippen molar-refractivity contribution in [3.05, 3.63) is 0 Å². The van der Waals surface area contributed by atoms with Gasteiger partial charge < -0.3 is 170 Å². The number of carboxylic acids is 4. The first-order valence-corrected chi connectivity index (χ1v) is 40.7. The average molecular weight is 1900 g/mol. The maximum absolute atomic E-state index is 13.2. The van der Waals surface area contributed by atoms with Gasteiger partial charge in [0.15, 0.2) is 74.2 Å². The molecule has 0 aliphatic carbocycles. The highest BCUT2D eigenvalue weighted by Crippen LogP contribution is 2.40. The Morgan fingerprint density at radius 3 is 0.839 bits per heavy atom. The average Bonchev–Trinajstić information content (AvgIpc) is 0.768. The van der Waals surface area contributed by atoms with Crippen molar-refractivity contribution < 1.29 is 285 Å². The fourth-order valence-corrected chi connectivity index (χ4v) is 15.0. The zero-order chi connectivity index (χ0) is 92.9. The van der Waals surface area contributed by atoms with Gasteiger partial charge in [0.2, 0.25) is 42.5 Å². The van der Waals surface area contributed by atoms with Crippen LogP contribution >= 0.6 is 0 Å². The summed E-state index contributed by atoms with van der Waals surface area (Å²) in [5.41, 5.74) is 0. The molecule has 0 aromatic carbocycles. The zero-order valence-corrected chi connectivity index (χ0v) is 66.2. The molecule has 8 rings (SSSR count). The number of nitrogens with one attached hydrogen (secondary N) is 4. The van der Waals surface area contributed by atoms with Crippen molar-refractivity contribution in [3.8, 4) is 0 Å². The second-order valence-corrected chi connectivity index (χ2v) is 32.0. The van der Waals surface area contributed by atoms with Crippen LogP contribution in [0, 0.1) is 0 Å². The second kappa shape index (κ2) is 42.7. The van der Waals surface area contributed by atoms with Gasteiger partial charge in [-0.25, -0.2) is 65.2 Å². The van der Waals surface area contributed by atoms with E-state index in [2.05, 4.69) is 28.5 Å². The van der Waals surface area contributed by atoms with Crippen LogP contribution in [-0.4, -0.2) is 463 Å². The molecule has 4 amide bonds. The number of carbonyl (C=O) groups excluding carboxylic acids is 4. The standard InChI is InChI=1S/C56H86N4O60S4/c1-9(63)57-17-36(32(119-123(93,94)95)13(5-61)101-49(17)86)107-55-30(76)26(72)40(43(111-55)47(82)83)115-118-52-20(60-12(4)66)37(33(14(6-62)102-52)120-124(96,97)98)108-56-31(77)27(73)39(44(112-56)48(84)85)114-117-51-19(59-11(3)65)35(22(68)16(104-51)8-100-122(90,91)92)106-54-29(75)25(71)38(42(110-54)46(80)81)113-116-50-18(58-10(2)64)34(21(67)15(103-50)7-99-121(87,88)89)105-53-28(74)23(69)24(70)41(109-53)45(78)79/h13-44,49-56,61-62,67-77,86H,5-8H2,1-4H3,(H,57,63)(H,58,64)(H,59,65)(H,60,66)(H,78,79)(H,80,81)(H,82,83)(H,84,85)(H,87,88,89)(H,90,91,92)(H,93,94,95)(H,96,97,98)/t13-,14-,15-,16-,17-,18-,19-,20-,21+,22+,23+,24+,25-,26-,27-,28-,29-,30-,31-,32+,33+,34-,35-,36-,37-,38+,39+,40+,41+,42+,43+,44+,49+,50-,51-,52-,53-,54-,55-,56-/m1/s1. The molecule has 0 spiro atoms. The summed E-state index contributed by atoms with van der Waals surface area (Å²) in [6.07, 6.45) is -93.1. The van der Waals surface area contributed by atoms with E-state index >= 15 is 0 Å². The van der Waals surface area contributed by atoms with Crippen molar-refractivity contribution in [1.29, 1.82) is 0 Å². The van der Waals surface area contributed by atoms with Crippen molar-refractivity contribution >= 4 is 89.1 Å². The Bertz CT molecular complexity index is 4160. The van der Waals surface area contributed by atoms with E-state index in [0.717, 1.165) is 13.8 Å². The lowest BCUT2D eigenvalue weighted by molar-refractivity contribution is -0.466. The molecule has 0 radical (unpaired) electrons. The van der Waals surface area contributed by atoms with E-state index in [4.69, 9.17) is 90.4 Å². The SMILES string of the molecule is CC(=O)N[C@@H]1[C@@H](O[C@@H]2O[C@H](C(=O)O)[C@@H](OO[C@H]3O[C@H](CO)[C@H](OS(=O)(=O)O)[C@H](O[C@@H]4O[C@H](C(=O)O)[C@@H](OO[C@H]5O[C@H](COS(=O)(=O)O)[C@H](O)[C@H](O[C@@H]6O[C@H](C(=O)O)[C@@H](OO[C@H]7O[C@H](COS(=O)(=O)O)[C@H](O)[C@H](O[C@@H]8O[C@H](C(=O)O)[C@@H](O)[C@H](O)[C@H]8O)[C@H]7NC(C)=O)[C@H](O)[C@H]6O)[C@H]5NC(C)=O)[C@H](O)[C@H]4O)[C@H]3NC(C)=O)[C@H](O)[C@H]2O)[C@@H](OS(=O)(=O)O)[C@@H](CO)O[C@@H]1O. The Morgan fingerprint density at radius 2 is 0.548 bits per heavy atom. The number of carbonyl (C=O) groups is 8. The van der Waals surface area contributed by atoms with Crippen LogP contribution in [0.2, 0.25) is 0 Å². The molecule has 0 bridgehead atoms. The Kier molecular flexibility index (Phi) is 35.6. The highest BCUT2D eigenvalue weighted by atomic mass is 32.3. The highest BCUT2D eigenvalue weighted by Gasteiger charge is 2.63. The Balaban J connectivity index is 1.04. The first-order valence-electron chi connectivity index (χ1n) is 35.2. The van der Waals surface area contributed by atoms with Gasteiger partial charge in [0.1, 0.15) is 152 Å². The van der Waals surface area contributed by atoms with Crippen molar-refractivity contribution in [3.63, 3.8) is 0 Å². The minimum absolute atomic E-state index is 0.681. The molecule has 40 atom stereocenters. The zero-order valence-electron chi connectivity index (χ0n) is 62.9. The molecule has 0 unspecified atom stereocenters. The van der Waals surface area contributed by atoms with Crippen LogP contribution < -0.4 is 21.3 Å². The van der Waals surface area contributed by atoms with Gasteiger partial charge in [-0.2, -0.15) is 33.7 Å². The predicted molar refractivity (Wildman–Crippen MR) is 358 cm³/mol. The molecular formula is C56H86N4O60S4. The number of hydrogen-bond acceptors (Lipinski definition) is 52. The molecule has 8 aliphatic heterocycles. The number of aliphatic carboxylic acids is 4. The smallest absolute Gasteiger partial charge is 0.397 e. The third-order valence-electron chi connectivity index (χ3n) is 18.9. The lowest BCUT2D eigenvalue weighted by Crippen LogP contribution is -2.70. The minimum Gasteiger partial charge on any atom is -0.479 e. The van der Waals surface area contributed by atoms with Crippen LogP contribution in [0.4, 0.5) is 0 Å². The predicted octanol–water partition coefficient (Wildman–Crippen LogP) is -18.4. The molecule has 8 fully saturated rings. The third-order valence-corrected chi connectivity index (χ3v) is 20.7. The summed E-state index contributed by atoms with van der Waals surface area (Å²) >= 11 is 0. The number of rotatable bonds is 37. The number of hydrogen-bond donors (Lipinski definition) is 26. The van der Waals surface area contributed by atoms with Gasteiger partial charge in [-0.1, -0.05) is 0 Å². The van der Waals surface area contributed by atoms with E-state index in [0.29, 0.717) is 13.8 Å². The molecular weight excluding hydrogens is 1820 g/mol. The van der Waals surface area contributed by atoms with Gasteiger partial charge in [0, 0.05) is 27.7 Å². The number of ether oxygens (including phenoxy) is 12. The van der Waals surface area contributed by atoms with Crippen molar-refractivity contribution in [2.75, 3.05) is 26.4 Å². The van der Waals surface area contributed by atoms with E-state index in [1.165, 1.54) is 0 Å². The second-order valence-electron chi connectivity index (χ2n) is 27.7. The van der Waals surface area contributed by atoms with Crippen LogP contribution in [0.25, 0.3) is 0 Å². The molecule has 8 saturated heterocycles. The van der Waals surface area contributed by atoms with Crippen LogP contribution in [0.1, 0.15) is 27.7 Å². The molecule has 8 aliphatic rings. The van der Waals surface area contributed by atoms with Crippen LogP contribution in [0.5, 0.6) is 0 Å². The molecule has 8 heterocycles. The summed E-state index contributed by atoms with van der Waals surface area (Å²) in [4.78, 5) is 133. The molecule has 714 valence electrons. The number of aliphatic hydroxyl groups is 14. The largest absolute Gasteiger partial charge is 0.479 e. The van der Waals surface area contributed by atoms with E-state index in [-0.39, 0.29) is 0 Å². The summed E-state index contributed by atoms with van der Waals surface area (Å²) in [5, 5.41) is 205. The molecule has 0 saturated carbocycles. The van der Waals surface area contributed by atoms with Gasteiger partial charge in [0.25, 0.3) is 0 Å². The third kappa shape index (κ3) is 26.0. The normalized spacial score (nSPS) is 42.0. The Morgan fingerprint density at radius 1 is 0.282 bits per heavy atom. The lowest BCUT2D eigenvalue weighted by atomic mass is 9.95. The summed E-state index contributed by atoms with van der Waals surface area (Å²) < 4.78 is 218. The maximum atomic E-state index is 13.2. The van der Waals surface area contributed by atoms with Crippen LogP contribution in [0.15, 0.2) is 0 Å². The van der Waals surface area contributed by atoms with Gasteiger partial charge in [-0.15, -0.1) is 0 Å². The lowest BCUT2D eigenvalue weighted by Gasteiger charge is -2.49. The summed E-state index contributed by atoms with van der Waals surface area (Å²) in [6, 6.07) is -9.09. The number of carboxylic acid groups (broad SMARTS) is 4. The van der Waals surface area contributed by atoms with E-state index in [1.807, 2.05) is 5.32 Å². The molecule has 68 heteroatoms. The molecule has 0 aromatic heterocycles. The summed E-state index contributed by atoms with van der Waals surface area (Å²) in [7, 11) is -22.7. The topological polar surface area (TPSA) is 969 Å². The molecule has 64 nitrogen and oxygen atoms in total. The fraction of sp³-hybridized carbons (Fsp3) is 0.857. The van der Waals surface area contributed by atoms with Crippen molar-refractivity contribution in [1.82, 2.24) is 21.3 Å². The first-order chi connectivity index (χ1) is 57.5. The van der Waals surface area contributed by atoms with E-state index in [1.54, 1.807) is 0 Å². The summed E-state index contributed by atoms with van der Waals surface area (Å²) in [6.45, 7) is -2.93. The van der Waals surface area contributed by atoms with E-state index in [9.17, 15) is 182 Å². The van der Waals surface area contributed by atoms with Crippen LogP contribution in [-0.2, 0) is 183 Å². The summed E-state index contributed by atoms with van der Waals surface area (Å²) in [5.74, 6) is -13.5. The Labute approximate surface area is 692 Å². The first kappa shape index (κ1) is 103. The fourth-order valence-electron chi connectivity index (χ4n) is 13.4. The van der Waals surface area contributed by atoms with Gasteiger partial charge in [-0.05, 0) is 0 Å². The number of amides is 4. The Hall–Kier alpha value is -6.04. The van der Waals surface area contributed by atoms with Gasteiger partial charge in [-0.3, -0.25) is 37.4 Å².